The van der Waals surface area contributed by atoms with Crippen molar-refractivity contribution < 1.29 is 5.21 Å². The summed E-state index contributed by atoms with van der Waals surface area (Å²) >= 11 is 1.11. The van der Waals surface area contributed by atoms with Crippen LogP contribution in [0.4, 0.5) is 0 Å². The van der Waals surface area contributed by atoms with Crippen molar-refractivity contribution in [1.29, 1.82) is 0 Å². The van der Waals surface area contributed by atoms with E-state index in [2.05, 4.69) is 25.3 Å². The minimum absolute atomic E-state index is 0.0454. The molecule has 10 heteroatoms. The molecule has 0 bridgehead atoms. The second-order valence-electron chi connectivity index (χ2n) is 4.09. The van der Waals surface area contributed by atoms with E-state index in [0.29, 0.717) is 16.0 Å². The number of rotatable bonds is 4. The fourth-order valence-corrected chi connectivity index (χ4v) is 2.39. The summed E-state index contributed by atoms with van der Waals surface area (Å²) in [6.07, 6.45) is 1.48. The zero-order valence-corrected chi connectivity index (χ0v) is 11.6. The molecule has 0 radical (unpaired) electrons. The lowest BCUT2D eigenvalue weighted by Gasteiger charge is -2.07. The lowest BCUT2D eigenvalue weighted by Crippen LogP contribution is -2.19. The molecule has 0 aliphatic rings. The van der Waals surface area contributed by atoms with Gasteiger partial charge in [0.05, 0.1) is 0 Å². The van der Waals surface area contributed by atoms with Gasteiger partial charge in [0.15, 0.2) is 16.1 Å². The van der Waals surface area contributed by atoms with E-state index in [9.17, 15) is 4.79 Å². The molecule has 106 valence electrons. The van der Waals surface area contributed by atoms with Crippen LogP contribution < -0.4 is 11.4 Å². The highest BCUT2D eigenvalue weighted by molar-refractivity contribution is 7.99. The van der Waals surface area contributed by atoms with Gasteiger partial charge in [-0.1, -0.05) is 5.16 Å². The molecule has 0 aromatic carbocycles. The normalized spacial score (nSPS) is 12.1. The SMILES string of the molecule is CC(C)n1c(Sc2nccc(/C(N)=N/O)n2)n[nH]c1=O. The molecule has 0 spiro atoms. The van der Waals surface area contributed by atoms with E-state index in [1.807, 2.05) is 13.8 Å². The number of aromatic amines is 1. The molecule has 2 rings (SSSR count). The number of aromatic nitrogens is 5. The van der Waals surface area contributed by atoms with E-state index in [-0.39, 0.29) is 17.6 Å². The smallest absolute Gasteiger partial charge is 0.344 e. The van der Waals surface area contributed by atoms with Crippen molar-refractivity contribution in [1.82, 2.24) is 24.7 Å². The summed E-state index contributed by atoms with van der Waals surface area (Å²) in [6.45, 7) is 3.74. The van der Waals surface area contributed by atoms with Crippen molar-refractivity contribution in [2.24, 2.45) is 10.9 Å². The van der Waals surface area contributed by atoms with Crippen LogP contribution in [0.3, 0.4) is 0 Å². The number of nitrogens with zero attached hydrogens (tertiary/aromatic N) is 5. The van der Waals surface area contributed by atoms with Crippen LogP contribution in [0.1, 0.15) is 25.6 Å². The van der Waals surface area contributed by atoms with Crippen molar-refractivity contribution >= 4 is 17.6 Å². The van der Waals surface area contributed by atoms with Crippen LogP contribution >= 0.6 is 11.8 Å². The molecule has 2 aromatic heterocycles. The number of amidine groups is 1. The average molecular weight is 295 g/mol. The molecule has 4 N–H and O–H groups in total. The molecule has 0 aliphatic carbocycles. The number of hydrogen-bond acceptors (Lipinski definition) is 7. The Hall–Kier alpha value is -2.36. The third-order valence-electron chi connectivity index (χ3n) is 2.37. The van der Waals surface area contributed by atoms with Gasteiger partial charge in [0, 0.05) is 12.2 Å². The summed E-state index contributed by atoms with van der Waals surface area (Å²) < 4.78 is 1.49. The van der Waals surface area contributed by atoms with Crippen LogP contribution in [0.2, 0.25) is 0 Å². The second-order valence-corrected chi connectivity index (χ2v) is 5.02. The van der Waals surface area contributed by atoms with E-state index in [0.717, 1.165) is 11.8 Å². The van der Waals surface area contributed by atoms with Crippen molar-refractivity contribution in [3.63, 3.8) is 0 Å². The van der Waals surface area contributed by atoms with Crippen LogP contribution in [-0.4, -0.2) is 35.8 Å². The lowest BCUT2D eigenvalue weighted by molar-refractivity contribution is 0.318. The molecular formula is C10H13N7O2S. The first-order valence-corrected chi connectivity index (χ1v) is 6.50. The van der Waals surface area contributed by atoms with E-state index < -0.39 is 0 Å². The summed E-state index contributed by atoms with van der Waals surface area (Å²) in [7, 11) is 0. The monoisotopic (exact) mass is 295 g/mol. The van der Waals surface area contributed by atoms with Gasteiger partial charge in [-0.05, 0) is 31.7 Å². The van der Waals surface area contributed by atoms with Crippen LogP contribution in [0.25, 0.3) is 0 Å². The molecule has 2 aromatic rings. The lowest BCUT2D eigenvalue weighted by atomic mass is 10.4. The van der Waals surface area contributed by atoms with Gasteiger partial charge in [0.25, 0.3) is 0 Å². The number of hydrogen-bond donors (Lipinski definition) is 3. The Morgan fingerprint density at radius 3 is 3.00 bits per heavy atom. The molecule has 0 fully saturated rings. The van der Waals surface area contributed by atoms with Crippen LogP contribution in [0, 0.1) is 0 Å². The number of nitrogens with two attached hydrogens (primary N) is 1. The van der Waals surface area contributed by atoms with Gasteiger partial charge in [-0.2, -0.15) is 0 Å². The Morgan fingerprint density at radius 2 is 2.35 bits per heavy atom. The van der Waals surface area contributed by atoms with Crippen LogP contribution in [-0.2, 0) is 0 Å². The maximum absolute atomic E-state index is 11.6. The Morgan fingerprint density at radius 1 is 1.60 bits per heavy atom. The van der Waals surface area contributed by atoms with E-state index in [1.54, 1.807) is 0 Å². The third-order valence-corrected chi connectivity index (χ3v) is 3.22. The largest absolute Gasteiger partial charge is 0.409 e. The predicted octanol–water partition coefficient (Wildman–Crippen LogP) is 0.188. The highest BCUT2D eigenvalue weighted by Gasteiger charge is 2.14. The van der Waals surface area contributed by atoms with Gasteiger partial charge in [-0.15, -0.1) is 5.10 Å². The van der Waals surface area contributed by atoms with Crippen molar-refractivity contribution in [2.75, 3.05) is 0 Å². The molecule has 0 unspecified atom stereocenters. The minimum Gasteiger partial charge on any atom is -0.409 e. The van der Waals surface area contributed by atoms with Crippen LogP contribution in [0.15, 0.2) is 32.5 Å². The van der Waals surface area contributed by atoms with Gasteiger partial charge >= 0.3 is 5.69 Å². The van der Waals surface area contributed by atoms with E-state index >= 15 is 0 Å². The first-order valence-electron chi connectivity index (χ1n) is 5.68. The predicted molar refractivity (Wildman–Crippen MR) is 71.9 cm³/mol. The van der Waals surface area contributed by atoms with Crippen molar-refractivity contribution in [2.45, 2.75) is 30.2 Å². The first kappa shape index (κ1) is 14.1. The standard InChI is InChI=1S/C10H13N7O2S/c1-5(2)17-9(18)14-15-10(17)20-8-12-4-3-6(13-8)7(11)16-19/h3-5,19H,1-2H3,(H2,11,16)(H,14,18). The number of oxime groups is 1. The molecule has 0 aliphatic heterocycles. The van der Waals surface area contributed by atoms with E-state index in [1.165, 1.54) is 16.8 Å². The van der Waals surface area contributed by atoms with Gasteiger partial charge < -0.3 is 10.9 Å². The maximum Gasteiger partial charge on any atom is 0.344 e. The van der Waals surface area contributed by atoms with Crippen molar-refractivity contribution in [3.8, 4) is 0 Å². The first-order chi connectivity index (χ1) is 9.52. The fourth-order valence-electron chi connectivity index (χ4n) is 1.48. The minimum atomic E-state index is -0.296. The third kappa shape index (κ3) is 2.79. The van der Waals surface area contributed by atoms with Gasteiger partial charge in [0.1, 0.15) is 5.69 Å². The van der Waals surface area contributed by atoms with Crippen LogP contribution in [0.5, 0.6) is 0 Å². The topological polar surface area (TPSA) is 135 Å². The number of nitrogens with one attached hydrogen (secondary N) is 1. The van der Waals surface area contributed by atoms with Crippen molar-refractivity contribution in [3.05, 3.63) is 28.4 Å². The Balaban J connectivity index is 2.34. The molecule has 9 nitrogen and oxygen atoms in total. The molecule has 0 atom stereocenters. The molecular weight excluding hydrogens is 282 g/mol. The summed E-state index contributed by atoms with van der Waals surface area (Å²) in [4.78, 5) is 19.8. The molecule has 0 saturated carbocycles. The molecule has 2 heterocycles. The summed E-state index contributed by atoms with van der Waals surface area (Å²) in [5.41, 5.74) is 5.46. The van der Waals surface area contributed by atoms with Gasteiger partial charge in [-0.25, -0.2) is 19.9 Å². The summed E-state index contributed by atoms with van der Waals surface area (Å²) in [5, 5.41) is 18.6. The molecule has 0 saturated heterocycles. The molecule has 0 amide bonds. The highest BCUT2D eigenvalue weighted by Crippen LogP contribution is 2.23. The molecule has 20 heavy (non-hydrogen) atoms. The Bertz CT molecular complexity index is 691. The number of H-pyrrole nitrogens is 1. The Kier molecular flexibility index (Phi) is 4.03. The zero-order valence-electron chi connectivity index (χ0n) is 10.8. The summed E-state index contributed by atoms with van der Waals surface area (Å²) in [6, 6.07) is 1.47. The Labute approximate surface area is 117 Å². The fraction of sp³-hybridized carbons (Fsp3) is 0.300. The zero-order chi connectivity index (χ0) is 14.7. The van der Waals surface area contributed by atoms with Gasteiger partial charge in [-0.3, -0.25) is 4.57 Å². The average Bonchev–Trinajstić information content (AvgIpc) is 2.79. The quantitative estimate of drug-likeness (QED) is 0.241. The highest BCUT2D eigenvalue weighted by atomic mass is 32.2. The van der Waals surface area contributed by atoms with Gasteiger partial charge in [0.2, 0.25) is 0 Å². The van der Waals surface area contributed by atoms with E-state index in [4.69, 9.17) is 10.9 Å². The second kappa shape index (κ2) is 5.74. The maximum atomic E-state index is 11.6. The summed E-state index contributed by atoms with van der Waals surface area (Å²) in [5.74, 6) is -0.113.